The second-order valence-corrected chi connectivity index (χ2v) is 4.93. The van der Waals surface area contributed by atoms with E-state index in [9.17, 15) is 13.2 Å². The van der Waals surface area contributed by atoms with Gasteiger partial charge >= 0.3 is 5.97 Å². The van der Waals surface area contributed by atoms with E-state index in [-0.39, 0.29) is 17.0 Å². The van der Waals surface area contributed by atoms with Gasteiger partial charge in [0.05, 0.1) is 18.7 Å². The predicted octanol–water partition coefficient (Wildman–Crippen LogP) is 0.0218. The van der Waals surface area contributed by atoms with Crippen molar-refractivity contribution < 1.29 is 17.9 Å². The van der Waals surface area contributed by atoms with Crippen molar-refractivity contribution in [2.45, 2.75) is 18.2 Å². The van der Waals surface area contributed by atoms with Crippen molar-refractivity contribution in [3.05, 3.63) is 23.8 Å². The van der Waals surface area contributed by atoms with E-state index in [0.717, 1.165) is 0 Å². The number of hydrogen-bond acceptors (Lipinski definition) is 5. The van der Waals surface area contributed by atoms with Crippen LogP contribution in [0.3, 0.4) is 0 Å². The lowest BCUT2D eigenvalue weighted by molar-refractivity contribution is -0.142. The quantitative estimate of drug-likeness (QED) is 0.584. The second-order valence-electron chi connectivity index (χ2n) is 3.40. The van der Waals surface area contributed by atoms with Crippen molar-refractivity contribution in [2.24, 2.45) is 5.14 Å². The van der Waals surface area contributed by atoms with Crippen LogP contribution in [0.5, 0.6) is 0 Å². The molecule has 94 valence electrons. The van der Waals surface area contributed by atoms with Crippen LogP contribution in [0.25, 0.3) is 0 Å². The van der Waals surface area contributed by atoms with E-state index < -0.39 is 16.0 Å². The first-order valence-electron chi connectivity index (χ1n) is 4.91. The van der Waals surface area contributed by atoms with Crippen molar-refractivity contribution in [1.82, 2.24) is 0 Å². The van der Waals surface area contributed by atoms with Crippen LogP contribution < -0.4 is 10.9 Å². The highest BCUT2D eigenvalue weighted by atomic mass is 32.2. The van der Waals surface area contributed by atoms with E-state index in [2.05, 4.69) is 0 Å². The molecule has 0 spiro atoms. The number of nitrogens with two attached hydrogens (primary N) is 2. The molecule has 0 aliphatic carbocycles. The molecule has 6 nitrogen and oxygen atoms in total. The number of carbonyl (C=O) groups is 1. The summed E-state index contributed by atoms with van der Waals surface area (Å²) in [6, 6.07) is 4.16. The zero-order chi connectivity index (χ0) is 13.1. The molecule has 0 saturated carbocycles. The zero-order valence-corrected chi connectivity index (χ0v) is 10.2. The summed E-state index contributed by atoms with van der Waals surface area (Å²) in [7, 11) is -3.83. The fourth-order valence-corrected chi connectivity index (χ4v) is 1.99. The van der Waals surface area contributed by atoms with Gasteiger partial charge < -0.3 is 10.5 Å². The number of sulfonamides is 1. The lowest BCUT2D eigenvalue weighted by atomic mass is 10.1. The Balaban J connectivity index is 2.94. The SMILES string of the molecule is CCOC(=O)Cc1ccc(S(N)(=O)=O)c(N)c1. The number of anilines is 1. The number of esters is 1. The molecule has 0 atom stereocenters. The van der Waals surface area contributed by atoms with Gasteiger partial charge in [-0.05, 0) is 24.6 Å². The molecule has 0 fully saturated rings. The largest absolute Gasteiger partial charge is 0.466 e. The molecule has 0 aromatic heterocycles. The molecule has 0 unspecified atom stereocenters. The van der Waals surface area contributed by atoms with Crippen LogP contribution in [0, 0.1) is 0 Å². The molecule has 1 rings (SSSR count). The molecule has 0 amide bonds. The summed E-state index contributed by atoms with van der Waals surface area (Å²) < 4.78 is 27.0. The Labute approximate surface area is 99.6 Å². The minimum absolute atomic E-state index is 0.0225. The van der Waals surface area contributed by atoms with Gasteiger partial charge in [0.25, 0.3) is 0 Å². The summed E-state index contributed by atoms with van der Waals surface area (Å²) in [6.07, 6.45) is 0.0446. The summed E-state index contributed by atoms with van der Waals surface area (Å²) in [5.41, 5.74) is 6.15. The smallest absolute Gasteiger partial charge is 0.310 e. The number of ether oxygens (including phenoxy) is 1. The van der Waals surface area contributed by atoms with Gasteiger partial charge in [-0.25, -0.2) is 13.6 Å². The van der Waals surface area contributed by atoms with Crippen molar-refractivity contribution in [3.63, 3.8) is 0 Å². The van der Waals surface area contributed by atoms with Crippen LogP contribution >= 0.6 is 0 Å². The summed E-state index contributed by atoms with van der Waals surface area (Å²) in [5.74, 6) is -0.393. The van der Waals surface area contributed by atoms with Gasteiger partial charge in [-0.3, -0.25) is 4.79 Å². The van der Waals surface area contributed by atoms with E-state index in [0.29, 0.717) is 12.2 Å². The molecular formula is C10H14N2O4S. The van der Waals surface area contributed by atoms with E-state index in [4.69, 9.17) is 15.6 Å². The monoisotopic (exact) mass is 258 g/mol. The maximum Gasteiger partial charge on any atom is 0.310 e. The lowest BCUT2D eigenvalue weighted by Crippen LogP contribution is -2.15. The van der Waals surface area contributed by atoms with Crippen LogP contribution in [0.1, 0.15) is 12.5 Å². The molecule has 0 saturated heterocycles. The third kappa shape index (κ3) is 3.72. The topological polar surface area (TPSA) is 112 Å². The van der Waals surface area contributed by atoms with Gasteiger partial charge in [-0.2, -0.15) is 0 Å². The van der Waals surface area contributed by atoms with E-state index in [1.54, 1.807) is 6.92 Å². The maximum atomic E-state index is 11.2. The fraction of sp³-hybridized carbons (Fsp3) is 0.300. The molecule has 0 radical (unpaired) electrons. The van der Waals surface area contributed by atoms with Crippen LogP contribution in [0.2, 0.25) is 0 Å². The highest BCUT2D eigenvalue weighted by Crippen LogP contribution is 2.18. The summed E-state index contributed by atoms with van der Waals surface area (Å²) >= 11 is 0. The molecule has 0 heterocycles. The Morgan fingerprint density at radius 3 is 2.53 bits per heavy atom. The minimum Gasteiger partial charge on any atom is -0.466 e. The summed E-state index contributed by atoms with van der Waals surface area (Å²) in [6.45, 7) is 2.00. The zero-order valence-electron chi connectivity index (χ0n) is 9.34. The van der Waals surface area contributed by atoms with Crippen molar-refractivity contribution in [1.29, 1.82) is 0 Å². The highest BCUT2D eigenvalue weighted by molar-refractivity contribution is 7.89. The Morgan fingerprint density at radius 1 is 1.41 bits per heavy atom. The van der Waals surface area contributed by atoms with Crippen LogP contribution in [-0.2, 0) is 26.0 Å². The van der Waals surface area contributed by atoms with Crippen LogP contribution in [-0.4, -0.2) is 21.0 Å². The van der Waals surface area contributed by atoms with Crippen LogP contribution in [0.4, 0.5) is 5.69 Å². The van der Waals surface area contributed by atoms with Crippen LogP contribution in [0.15, 0.2) is 23.1 Å². The lowest BCUT2D eigenvalue weighted by Gasteiger charge is -2.06. The summed E-state index contributed by atoms with van der Waals surface area (Å²) in [5, 5.41) is 4.96. The van der Waals surface area contributed by atoms with Gasteiger partial charge in [-0.1, -0.05) is 6.07 Å². The molecule has 0 bridgehead atoms. The van der Waals surface area contributed by atoms with E-state index >= 15 is 0 Å². The van der Waals surface area contributed by atoms with Gasteiger partial charge in [-0.15, -0.1) is 0 Å². The van der Waals surface area contributed by atoms with Crippen molar-refractivity contribution >= 4 is 21.7 Å². The number of primary sulfonamides is 1. The fourth-order valence-electron chi connectivity index (χ4n) is 1.35. The minimum atomic E-state index is -3.83. The van der Waals surface area contributed by atoms with Crippen molar-refractivity contribution in [2.75, 3.05) is 12.3 Å². The van der Waals surface area contributed by atoms with E-state index in [1.807, 2.05) is 0 Å². The second kappa shape index (κ2) is 5.15. The summed E-state index contributed by atoms with van der Waals surface area (Å²) in [4.78, 5) is 11.1. The molecule has 1 aromatic carbocycles. The third-order valence-corrected chi connectivity index (χ3v) is 3.02. The molecule has 1 aromatic rings. The maximum absolute atomic E-state index is 11.2. The first kappa shape index (κ1) is 13.5. The number of rotatable bonds is 4. The van der Waals surface area contributed by atoms with Crippen molar-refractivity contribution in [3.8, 4) is 0 Å². The van der Waals surface area contributed by atoms with Gasteiger partial charge in [0.15, 0.2) is 0 Å². The van der Waals surface area contributed by atoms with E-state index in [1.165, 1.54) is 18.2 Å². The highest BCUT2D eigenvalue weighted by Gasteiger charge is 2.13. The first-order valence-corrected chi connectivity index (χ1v) is 6.46. The standard InChI is InChI=1S/C10H14N2O4S/c1-2-16-10(13)6-7-3-4-9(8(11)5-7)17(12,14)15/h3-5H,2,6,11H2,1H3,(H2,12,14,15). The molecule has 7 heteroatoms. The molecule has 17 heavy (non-hydrogen) atoms. The number of benzene rings is 1. The Morgan fingerprint density at radius 2 is 2.06 bits per heavy atom. The number of carbonyl (C=O) groups excluding carboxylic acids is 1. The Kier molecular flexibility index (Phi) is 4.08. The average Bonchev–Trinajstić information content (AvgIpc) is 2.15. The predicted molar refractivity (Wildman–Crippen MR) is 62.6 cm³/mol. The molecular weight excluding hydrogens is 244 g/mol. The number of nitrogen functional groups attached to an aromatic ring is 1. The van der Waals surface area contributed by atoms with Gasteiger partial charge in [0, 0.05) is 0 Å². The Hall–Kier alpha value is -1.60. The molecule has 4 N–H and O–H groups in total. The Bertz CT molecular complexity index is 525. The average molecular weight is 258 g/mol. The van der Waals surface area contributed by atoms with Gasteiger partial charge in [0.2, 0.25) is 10.0 Å². The number of hydrogen-bond donors (Lipinski definition) is 2. The van der Waals surface area contributed by atoms with Gasteiger partial charge in [0.1, 0.15) is 4.90 Å². The third-order valence-electron chi connectivity index (χ3n) is 2.03. The molecule has 0 aliphatic rings. The molecule has 0 aliphatic heterocycles. The first-order chi connectivity index (χ1) is 7.84. The normalized spacial score (nSPS) is 11.2.